The van der Waals surface area contributed by atoms with E-state index in [0.717, 1.165) is 19.5 Å². The summed E-state index contributed by atoms with van der Waals surface area (Å²) in [5.74, 6) is -0.155. The number of ether oxygens (including phenoxy) is 1. The van der Waals surface area contributed by atoms with E-state index in [4.69, 9.17) is 4.74 Å². The van der Waals surface area contributed by atoms with Crippen LogP contribution >= 0.6 is 0 Å². The molecule has 16 heavy (non-hydrogen) atoms. The first-order chi connectivity index (χ1) is 7.67. The summed E-state index contributed by atoms with van der Waals surface area (Å²) in [6.07, 6.45) is 4.68. The first-order valence-corrected chi connectivity index (χ1v) is 5.55. The molecule has 1 heterocycles. The van der Waals surface area contributed by atoms with Gasteiger partial charge in [0, 0.05) is 25.5 Å². The molecule has 0 saturated heterocycles. The third-order valence-electron chi connectivity index (χ3n) is 2.67. The molecule has 0 radical (unpaired) electrons. The van der Waals surface area contributed by atoms with Gasteiger partial charge >= 0.3 is 5.97 Å². The lowest BCUT2D eigenvalue weighted by molar-refractivity contribution is -0.146. The fraction of sp³-hybridized carbons (Fsp3) is 0.583. The summed E-state index contributed by atoms with van der Waals surface area (Å²) in [4.78, 5) is 16.6. The molecule has 1 aromatic rings. The Hall–Kier alpha value is -1.29. The smallest absolute Gasteiger partial charge is 0.309 e. The number of aromatic nitrogens is 1. The Balaban J connectivity index is 2.43. The molecule has 0 fully saturated rings. The van der Waals surface area contributed by atoms with Gasteiger partial charge in [-0.15, -0.1) is 0 Å². The molecule has 0 spiro atoms. The summed E-state index contributed by atoms with van der Waals surface area (Å²) in [5, 5.41) is 0. The largest absolute Gasteiger partial charge is 0.469 e. The number of H-pyrrole nitrogens is 1. The fourth-order valence-corrected chi connectivity index (χ4v) is 1.75. The van der Waals surface area contributed by atoms with Crippen LogP contribution in [0, 0.1) is 5.92 Å². The summed E-state index contributed by atoms with van der Waals surface area (Å²) in [6, 6.07) is 2.04. The minimum atomic E-state index is -0.122. The molecule has 1 atom stereocenters. The lowest BCUT2D eigenvalue weighted by atomic mass is 10.1. The van der Waals surface area contributed by atoms with Crippen LogP contribution in [0.5, 0.6) is 0 Å². The third kappa shape index (κ3) is 3.70. The quantitative estimate of drug-likeness (QED) is 0.747. The molecule has 1 aromatic heterocycles. The van der Waals surface area contributed by atoms with Gasteiger partial charge in [-0.05, 0) is 25.1 Å². The molecule has 1 rings (SSSR count). The molecule has 0 amide bonds. The number of hydrogen-bond acceptors (Lipinski definition) is 3. The molecule has 4 heteroatoms. The molecule has 0 aromatic carbocycles. The lowest BCUT2D eigenvalue weighted by Gasteiger charge is -2.21. The van der Waals surface area contributed by atoms with Crippen molar-refractivity contribution >= 4 is 5.97 Å². The molecular weight excluding hydrogens is 204 g/mol. The number of carbonyl (C=O) groups is 1. The Kier molecular flexibility index (Phi) is 5.05. The van der Waals surface area contributed by atoms with Crippen molar-refractivity contribution < 1.29 is 9.53 Å². The molecule has 4 nitrogen and oxygen atoms in total. The standard InChI is InChI=1S/C12H20N2O2/c1-4-11(12(15)16-3)9-14(2)8-10-5-6-13-7-10/h5-7,11,13H,4,8-9H2,1-3H3. The summed E-state index contributed by atoms with van der Waals surface area (Å²) < 4.78 is 4.77. The van der Waals surface area contributed by atoms with E-state index >= 15 is 0 Å². The second kappa shape index (κ2) is 6.33. The van der Waals surface area contributed by atoms with Gasteiger partial charge in [-0.3, -0.25) is 4.79 Å². The Morgan fingerprint density at radius 3 is 2.88 bits per heavy atom. The van der Waals surface area contributed by atoms with E-state index in [1.54, 1.807) is 0 Å². The minimum absolute atomic E-state index is 0.0334. The highest BCUT2D eigenvalue weighted by Gasteiger charge is 2.18. The van der Waals surface area contributed by atoms with Gasteiger partial charge in [0.2, 0.25) is 0 Å². The van der Waals surface area contributed by atoms with Gasteiger partial charge in [0.25, 0.3) is 0 Å². The Morgan fingerprint density at radius 2 is 2.38 bits per heavy atom. The zero-order chi connectivity index (χ0) is 12.0. The van der Waals surface area contributed by atoms with E-state index in [2.05, 4.69) is 9.88 Å². The molecular formula is C12H20N2O2. The normalized spacial score (nSPS) is 12.8. The first kappa shape index (κ1) is 12.8. The highest BCUT2D eigenvalue weighted by molar-refractivity contribution is 5.72. The lowest BCUT2D eigenvalue weighted by Crippen LogP contribution is -2.30. The number of esters is 1. The van der Waals surface area contributed by atoms with Crippen molar-refractivity contribution in [2.75, 3.05) is 20.7 Å². The highest BCUT2D eigenvalue weighted by atomic mass is 16.5. The number of hydrogen-bond donors (Lipinski definition) is 1. The number of nitrogens with one attached hydrogen (secondary N) is 1. The van der Waals surface area contributed by atoms with Gasteiger partial charge in [-0.2, -0.15) is 0 Å². The van der Waals surface area contributed by atoms with Crippen molar-refractivity contribution in [2.45, 2.75) is 19.9 Å². The maximum absolute atomic E-state index is 11.4. The van der Waals surface area contributed by atoms with Crippen LogP contribution in [0.1, 0.15) is 18.9 Å². The van der Waals surface area contributed by atoms with E-state index in [0.29, 0.717) is 0 Å². The van der Waals surface area contributed by atoms with E-state index in [-0.39, 0.29) is 11.9 Å². The second-order valence-electron chi connectivity index (χ2n) is 4.04. The number of carbonyl (C=O) groups excluding carboxylic acids is 1. The van der Waals surface area contributed by atoms with Crippen molar-refractivity contribution in [2.24, 2.45) is 5.92 Å². The van der Waals surface area contributed by atoms with Crippen LogP contribution in [0.2, 0.25) is 0 Å². The fourth-order valence-electron chi connectivity index (χ4n) is 1.75. The van der Waals surface area contributed by atoms with Crippen molar-refractivity contribution in [1.82, 2.24) is 9.88 Å². The topological polar surface area (TPSA) is 45.3 Å². The van der Waals surface area contributed by atoms with Crippen molar-refractivity contribution in [3.8, 4) is 0 Å². The average molecular weight is 224 g/mol. The van der Waals surface area contributed by atoms with Gasteiger partial charge in [0.15, 0.2) is 0 Å². The molecule has 0 aliphatic heterocycles. The zero-order valence-electron chi connectivity index (χ0n) is 10.2. The first-order valence-electron chi connectivity index (χ1n) is 5.55. The molecule has 0 saturated carbocycles. The van der Waals surface area contributed by atoms with E-state index < -0.39 is 0 Å². The predicted octanol–water partition coefficient (Wildman–Crippen LogP) is 1.65. The summed E-state index contributed by atoms with van der Waals surface area (Å²) in [5.41, 5.74) is 1.22. The van der Waals surface area contributed by atoms with Gasteiger partial charge in [0.1, 0.15) is 0 Å². The van der Waals surface area contributed by atoms with Crippen LogP contribution in [0.25, 0.3) is 0 Å². The van der Waals surface area contributed by atoms with Gasteiger partial charge < -0.3 is 14.6 Å². The van der Waals surface area contributed by atoms with Gasteiger partial charge in [0.05, 0.1) is 13.0 Å². The Morgan fingerprint density at radius 1 is 1.62 bits per heavy atom. The molecule has 1 N–H and O–H groups in total. The van der Waals surface area contributed by atoms with Crippen molar-refractivity contribution in [3.63, 3.8) is 0 Å². The zero-order valence-corrected chi connectivity index (χ0v) is 10.2. The maximum Gasteiger partial charge on any atom is 0.309 e. The molecule has 90 valence electrons. The van der Waals surface area contributed by atoms with Crippen molar-refractivity contribution in [1.29, 1.82) is 0 Å². The Labute approximate surface area is 96.6 Å². The molecule has 0 aliphatic carbocycles. The van der Waals surface area contributed by atoms with Crippen LogP contribution < -0.4 is 0 Å². The van der Waals surface area contributed by atoms with Crippen LogP contribution in [-0.2, 0) is 16.1 Å². The Bertz CT molecular complexity index is 309. The monoisotopic (exact) mass is 224 g/mol. The van der Waals surface area contributed by atoms with Crippen LogP contribution in [0.15, 0.2) is 18.5 Å². The van der Waals surface area contributed by atoms with Crippen molar-refractivity contribution in [3.05, 3.63) is 24.0 Å². The van der Waals surface area contributed by atoms with E-state index in [1.807, 2.05) is 32.4 Å². The summed E-state index contributed by atoms with van der Waals surface area (Å²) in [7, 11) is 3.45. The number of nitrogens with zero attached hydrogens (tertiary/aromatic N) is 1. The van der Waals surface area contributed by atoms with Gasteiger partial charge in [-0.25, -0.2) is 0 Å². The van der Waals surface area contributed by atoms with Crippen LogP contribution in [0.4, 0.5) is 0 Å². The summed E-state index contributed by atoms with van der Waals surface area (Å²) >= 11 is 0. The highest BCUT2D eigenvalue weighted by Crippen LogP contribution is 2.09. The number of methoxy groups -OCH3 is 1. The maximum atomic E-state index is 11.4. The second-order valence-corrected chi connectivity index (χ2v) is 4.04. The molecule has 0 aliphatic rings. The molecule has 0 bridgehead atoms. The SMILES string of the molecule is CCC(CN(C)Cc1cc[nH]c1)C(=O)OC. The van der Waals surface area contributed by atoms with E-state index in [1.165, 1.54) is 12.7 Å². The van der Waals surface area contributed by atoms with Crippen LogP contribution in [-0.4, -0.2) is 36.6 Å². The van der Waals surface area contributed by atoms with Crippen LogP contribution in [0.3, 0.4) is 0 Å². The predicted molar refractivity (Wildman–Crippen MR) is 62.9 cm³/mol. The van der Waals surface area contributed by atoms with Gasteiger partial charge in [-0.1, -0.05) is 6.92 Å². The minimum Gasteiger partial charge on any atom is -0.469 e. The third-order valence-corrected chi connectivity index (χ3v) is 2.67. The summed E-state index contributed by atoms with van der Waals surface area (Å²) in [6.45, 7) is 3.58. The van der Waals surface area contributed by atoms with E-state index in [9.17, 15) is 4.79 Å². The molecule has 1 unspecified atom stereocenters. The average Bonchev–Trinajstić information content (AvgIpc) is 2.77. The number of aromatic amines is 1. The number of rotatable bonds is 6.